The Balaban J connectivity index is 2.06. The van der Waals surface area contributed by atoms with E-state index in [1.54, 1.807) is 0 Å². The van der Waals surface area contributed by atoms with Crippen LogP contribution < -0.4 is 10.9 Å². The molecule has 1 saturated heterocycles. The fourth-order valence-electron chi connectivity index (χ4n) is 3.01. The van der Waals surface area contributed by atoms with Crippen molar-refractivity contribution in [2.24, 2.45) is 0 Å². The molecule has 2 aromatic rings. The van der Waals surface area contributed by atoms with E-state index in [-0.39, 0.29) is 5.56 Å². The van der Waals surface area contributed by atoms with Crippen LogP contribution >= 0.6 is 0 Å². The molecule has 0 radical (unpaired) electrons. The third-order valence-corrected chi connectivity index (χ3v) is 4.32. The van der Waals surface area contributed by atoms with Crippen molar-refractivity contribution in [2.45, 2.75) is 38.6 Å². The summed E-state index contributed by atoms with van der Waals surface area (Å²) in [6.07, 6.45) is 4.05. The molecule has 1 aliphatic heterocycles. The molecule has 1 N–H and O–H groups in total. The SMILES string of the molecule is CC(C)c1ccc2c(=O)n(C3CCNCC3)ccc2c1. The highest BCUT2D eigenvalue weighted by atomic mass is 16.1. The van der Waals surface area contributed by atoms with E-state index in [0.29, 0.717) is 12.0 Å². The number of nitrogens with one attached hydrogen (secondary N) is 1. The molecule has 0 bridgehead atoms. The van der Waals surface area contributed by atoms with Crippen molar-refractivity contribution >= 4 is 10.8 Å². The van der Waals surface area contributed by atoms with Crippen LogP contribution in [0.4, 0.5) is 0 Å². The van der Waals surface area contributed by atoms with Gasteiger partial charge in [-0.3, -0.25) is 4.79 Å². The van der Waals surface area contributed by atoms with E-state index in [1.807, 2.05) is 16.8 Å². The molecule has 20 heavy (non-hydrogen) atoms. The second-order valence-corrected chi connectivity index (χ2v) is 6.01. The lowest BCUT2D eigenvalue weighted by molar-refractivity contribution is 0.362. The molecule has 0 saturated carbocycles. The maximum absolute atomic E-state index is 12.7. The van der Waals surface area contributed by atoms with Gasteiger partial charge < -0.3 is 9.88 Å². The number of hydrogen-bond donors (Lipinski definition) is 1. The van der Waals surface area contributed by atoms with Crippen molar-refractivity contribution in [2.75, 3.05) is 13.1 Å². The zero-order valence-corrected chi connectivity index (χ0v) is 12.2. The Morgan fingerprint density at radius 1 is 1.20 bits per heavy atom. The summed E-state index contributed by atoms with van der Waals surface area (Å²) in [7, 11) is 0. The van der Waals surface area contributed by atoms with Crippen molar-refractivity contribution in [3.63, 3.8) is 0 Å². The topological polar surface area (TPSA) is 34.0 Å². The Kier molecular flexibility index (Phi) is 3.62. The number of hydrogen-bond acceptors (Lipinski definition) is 2. The van der Waals surface area contributed by atoms with Gasteiger partial charge in [0.2, 0.25) is 0 Å². The molecular weight excluding hydrogens is 248 g/mol. The highest BCUT2D eigenvalue weighted by Gasteiger charge is 2.16. The Hall–Kier alpha value is -1.61. The van der Waals surface area contributed by atoms with Crippen LogP contribution in [0.15, 0.2) is 35.3 Å². The molecule has 1 fully saturated rings. The summed E-state index contributed by atoms with van der Waals surface area (Å²) in [6.45, 7) is 6.36. The highest BCUT2D eigenvalue weighted by Crippen LogP contribution is 2.21. The van der Waals surface area contributed by atoms with Crippen LogP contribution in [0, 0.1) is 0 Å². The molecule has 2 heterocycles. The van der Waals surface area contributed by atoms with Crippen LogP contribution in [0.1, 0.15) is 44.2 Å². The molecule has 0 atom stereocenters. The number of aromatic nitrogens is 1. The molecule has 1 aromatic heterocycles. The predicted octanol–water partition coefficient (Wildman–Crippen LogP) is 3.05. The Morgan fingerprint density at radius 3 is 2.65 bits per heavy atom. The molecule has 0 amide bonds. The Morgan fingerprint density at radius 2 is 1.95 bits per heavy atom. The normalized spacial score (nSPS) is 16.9. The van der Waals surface area contributed by atoms with E-state index in [1.165, 1.54) is 5.56 Å². The predicted molar refractivity (Wildman–Crippen MR) is 83.4 cm³/mol. The first-order chi connectivity index (χ1) is 9.66. The summed E-state index contributed by atoms with van der Waals surface area (Å²) in [4.78, 5) is 12.7. The lowest BCUT2D eigenvalue weighted by Gasteiger charge is -2.25. The van der Waals surface area contributed by atoms with Crippen molar-refractivity contribution in [3.05, 3.63) is 46.4 Å². The van der Waals surface area contributed by atoms with Gasteiger partial charge in [0.25, 0.3) is 5.56 Å². The van der Waals surface area contributed by atoms with Crippen LogP contribution in [-0.2, 0) is 0 Å². The van der Waals surface area contributed by atoms with Gasteiger partial charge in [-0.1, -0.05) is 26.0 Å². The van der Waals surface area contributed by atoms with Gasteiger partial charge in [-0.05, 0) is 54.9 Å². The fraction of sp³-hybridized carbons (Fsp3) is 0.471. The molecule has 0 unspecified atom stereocenters. The maximum atomic E-state index is 12.7. The zero-order valence-electron chi connectivity index (χ0n) is 12.2. The molecular formula is C17H22N2O. The van der Waals surface area contributed by atoms with Crippen molar-refractivity contribution in [3.8, 4) is 0 Å². The Labute approximate surface area is 119 Å². The minimum absolute atomic E-state index is 0.157. The summed E-state index contributed by atoms with van der Waals surface area (Å²) in [5, 5.41) is 5.25. The van der Waals surface area contributed by atoms with E-state index in [9.17, 15) is 4.79 Å². The standard InChI is InChI=1S/C17H22N2O/c1-12(2)13-3-4-16-14(11-13)7-10-19(17(16)20)15-5-8-18-9-6-15/h3-4,7,10-12,15,18H,5-6,8-9H2,1-2H3. The summed E-state index contributed by atoms with van der Waals surface area (Å²) >= 11 is 0. The molecule has 0 spiro atoms. The van der Waals surface area contributed by atoms with Gasteiger partial charge in [0.1, 0.15) is 0 Å². The van der Waals surface area contributed by atoms with E-state index >= 15 is 0 Å². The van der Waals surface area contributed by atoms with Crippen LogP contribution in [0.5, 0.6) is 0 Å². The van der Waals surface area contributed by atoms with Gasteiger partial charge in [-0.15, -0.1) is 0 Å². The number of pyridine rings is 1. The number of rotatable bonds is 2. The van der Waals surface area contributed by atoms with Crippen molar-refractivity contribution in [1.82, 2.24) is 9.88 Å². The number of fused-ring (bicyclic) bond motifs is 1. The summed E-state index contributed by atoms with van der Waals surface area (Å²) < 4.78 is 1.93. The van der Waals surface area contributed by atoms with Crippen molar-refractivity contribution < 1.29 is 0 Å². The van der Waals surface area contributed by atoms with E-state index in [2.05, 4.69) is 37.4 Å². The Bertz CT molecular complexity index is 666. The number of nitrogens with zero attached hydrogens (tertiary/aromatic N) is 1. The second-order valence-electron chi connectivity index (χ2n) is 6.01. The minimum atomic E-state index is 0.157. The largest absolute Gasteiger partial charge is 0.317 e. The summed E-state index contributed by atoms with van der Waals surface area (Å²) in [6, 6.07) is 8.66. The van der Waals surface area contributed by atoms with E-state index in [4.69, 9.17) is 0 Å². The zero-order chi connectivity index (χ0) is 14.1. The molecule has 0 aliphatic carbocycles. The average molecular weight is 270 g/mol. The van der Waals surface area contributed by atoms with Gasteiger partial charge in [0, 0.05) is 17.6 Å². The molecule has 1 aromatic carbocycles. The van der Waals surface area contributed by atoms with Crippen LogP contribution in [0.25, 0.3) is 10.8 Å². The summed E-state index contributed by atoms with van der Waals surface area (Å²) in [5.41, 5.74) is 1.45. The number of benzene rings is 1. The first-order valence-electron chi connectivity index (χ1n) is 7.52. The molecule has 1 aliphatic rings. The monoisotopic (exact) mass is 270 g/mol. The smallest absolute Gasteiger partial charge is 0.258 e. The maximum Gasteiger partial charge on any atom is 0.258 e. The van der Waals surface area contributed by atoms with Gasteiger partial charge in [0.15, 0.2) is 0 Å². The first-order valence-corrected chi connectivity index (χ1v) is 7.52. The molecule has 3 rings (SSSR count). The lowest BCUT2D eigenvalue weighted by atomic mass is 9.99. The second kappa shape index (κ2) is 5.41. The highest BCUT2D eigenvalue weighted by molar-refractivity contribution is 5.82. The minimum Gasteiger partial charge on any atom is -0.317 e. The molecule has 3 heteroatoms. The van der Waals surface area contributed by atoms with Gasteiger partial charge >= 0.3 is 0 Å². The van der Waals surface area contributed by atoms with E-state index < -0.39 is 0 Å². The fourth-order valence-corrected chi connectivity index (χ4v) is 3.01. The summed E-state index contributed by atoms with van der Waals surface area (Å²) in [5.74, 6) is 0.492. The quantitative estimate of drug-likeness (QED) is 0.910. The van der Waals surface area contributed by atoms with Crippen LogP contribution in [0.3, 0.4) is 0 Å². The average Bonchev–Trinajstić information content (AvgIpc) is 2.48. The van der Waals surface area contributed by atoms with E-state index in [0.717, 1.165) is 36.7 Å². The third-order valence-electron chi connectivity index (χ3n) is 4.32. The van der Waals surface area contributed by atoms with Crippen molar-refractivity contribution in [1.29, 1.82) is 0 Å². The van der Waals surface area contributed by atoms with Gasteiger partial charge in [-0.25, -0.2) is 0 Å². The van der Waals surface area contributed by atoms with Gasteiger partial charge in [-0.2, -0.15) is 0 Å². The third kappa shape index (κ3) is 2.38. The van der Waals surface area contributed by atoms with Crippen LogP contribution in [-0.4, -0.2) is 17.7 Å². The first kappa shape index (κ1) is 13.4. The molecule has 106 valence electrons. The number of piperidine rings is 1. The lowest BCUT2D eigenvalue weighted by Crippen LogP contribution is -2.34. The van der Waals surface area contributed by atoms with Gasteiger partial charge in [0.05, 0.1) is 0 Å². The van der Waals surface area contributed by atoms with Crippen LogP contribution in [0.2, 0.25) is 0 Å². The molecule has 3 nitrogen and oxygen atoms in total.